The molecular weight excluding hydrogens is 444 g/mol. The van der Waals surface area contributed by atoms with E-state index in [1.807, 2.05) is 0 Å². The summed E-state index contributed by atoms with van der Waals surface area (Å²) in [6, 6.07) is 5.33. The van der Waals surface area contributed by atoms with Gasteiger partial charge in [-0.05, 0) is 43.6 Å². The van der Waals surface area contributed by atoms with Crippen LogP contribution in [-0.2, 0) is 12.7 Å². The predicted molar refractivity (Wildman–Crippen MR) is 105 cm³/mol. The maximum absolute atomic E-state index is 12.7. The Morgan fingerprint density at radius 1 is 1.16 bits per heavy atom. The van der Waals surface area contributed by atoms with Gasteiger partial charge in [0.15, 0.2) is 5.96 Å². The smallest absolute Gasteiger partial charge is 0.355 e. The number of alkyl halides is 3. The van der Waals surface area contributed by atoms with Crippen molar-refractivity contribution >= 4 is 29.9 Å². The molecule has 25 heavy (non-hydrogen) atoms. The van der Waals surface area contributed by atoms with Crippen molar-refractivity contribution in [2.45, 2.75) is 32.0 Å². The van der Waals surface area contributed by atoms with Crippen molar-refractivity contribution in [2.24, 2.45) is 4.99 Å². The Morgan fingerprint density at radius 3 is 2.52 bits per heavy atom. The zero-order valence-corrected chi connectivity index (χ0v) is 16.7. The van der Waals surface area contributed by atoms with E-state index >= 15 is 0 Å². The second-order valence-electron chi connectivity index (χ2n) is 5.95. The van der Waals surface area contributed by atoms with Crippen molar-refractivity contribution in [1.82, 2.24) is 15.5 Å². The number of nitrogens with one attached hydrogen (secondary N) is 2. The van der Waals surface area contributed by atoms with E-state index in [2.05, 4.69) is 20.5 Å². The Hall–Kier alpha value is -1.03. The van der Waals surface area contributed by atoms with Crippen LogP contribution in [0.25, 0.3) is 0 Å². The van der Waals surface area contributed by atoms with Gasteiger partial charge in [0.25, 0.3) is 0 Å². The van der Waals surface area contributed by atoms with Crippen molar-refractivity contribution in [3.8, 4) is 0 Å². The Bertz CT molecular complexity index is 543. The Kier molecular flexibility index (Phi) is 9.55. The van der Waals surface area contributed by atoms with Crippen molar-refractivity contribution in [3.63, 3.8) is 0 Å². The van der Waals surface area contributed by atoms with E-state index in [9.17, 15) is 13.2 Å². The molecule has 1 aromatic rings. The average Bonchev–Trinajstić information content (AvgIpc) is 2.58. The topological polar surface area (TPSA) is 39.7 Å². The lowest BCUT2D eigenvalue weighted by atomic mass is 10.1. The van der Waals surface area contributed by atoms with Gasteiger partial charge in [-0.1, -0.05) is 18.6 Å². The van der Waals surface area contributed by atoms with E-state index in [0.29, 0.717) is 18.1 Å². The highest BCUT2D eigenvalue weighted by Gasteiger charge is 2.30. The van der Waals surface area contributed by atoms with Crippen LogP contribution >= 0.6 is 24.0 Å². The molecule has 2 rings (SSSR count). The summed E-state index contributed by atoms with van der Waals surface area (Å²) < 4.78 is 38.1. The van der Waals surface area contributed by atoms with E-state index in [-0.39, 0.29) is 24.0 Å². The van der Waals surface area contributed by atoms with Gasteiger partial charge in [-0.3, -0.25) is 4.99 Å². The third-order valence-electron chi connectivity index (χ3n) is 4.11. The molecule has 0 unspecified atom stereocenters. The highest BCUT2D eigenvalue weighted by molar-refractivity contribution is 14.0. The minimum Gasteiger partial charge on any atom is -0.355 e. The zero-order valence-electron chi connectivity index (χ0n) is 14.4. The molecule has 1 aromatic carbocycles. The summed E-state index contributed by atoms with van der Waals surface area (Å²) in [6.07, 6.45) is -0.500. The van der Waals surface area contributed by atoms with Crippen molar-refractivity contribution in [1.29, 1.82) is 0 Å². The molecule has 0 aromatic heterocycles. The summed E-state index contributed by atoms with van der Waals surface area (Å²) in [7, 11) is 1.66. The zero-order chi connectivity index (χ0) is 17.4. The minimum atomic E-state index is -4.32. The average molecular weight is 470 g/mol. The molecule has 1 heterocycles. The lowest BCUT2D eigenvalue weighted by molar-refractivity contribution is -0.137. The second-order valence-corrected chi connectivity index (χ2v) is 5.95. The summed E-state index contributed by atoms with van der Waals surface area (Å²) in [6.45, 7) is 4.29. The van der Waals surface area contributed by atoms with E-state index in [1.54, 1.807) is 13.1 Å². The number of hydrogen-bond acceptors (Lipinski definition) is 2. The summed E-state index contributed by atoms with van der Waals surface area (Å²) in [5.41, 5.74) is -0.0568. The maximum Gasteiger partial charge on any atom is 0.416 e. The van der Waals surface area contributed by atoms with Crippen LogP contribution in [-0.4, -0.2) is 44.1 Å². The first-order valence-electron chi connectivity index (χ1n) is 8.32. The van der Waals surface area contributed by atoms with Gasteiger partial charge >= 0.3 is 6.18 Å². The molecule has 1 saturated heterocycles. The van der Waals surface area contributed by atoms with Crippen LogP contribution in [0, 0.1) is 0 Å². The first kappa shape index (κ1) is 22.0. The Labute approximate surface area is 164 Å². The van der Waals surface area contributed by atoms with Gasteiger partial charge in [0.1, 0.15) is 0 Å². The van der Waals surface area contributed by atoms with Crippen LogP contribution in [0.1, 0.15) is 30.4 Å². The van der Waals surface area contributed by atoms with Gasteiger partial charge in [-0.2, -0.15) is 13.2 Å². The fraction of sp³-hybridized carbons (Fsp3) is 0.588. The fourth-order valence-electron chi connectivity index (χ4n) is 2.78. The number of guanidine groups is 1. The molecule has 1 aliphatic heterocycles. The van der Waals surface area contributed by atoms with Crippen LogP contribution in [0.5, 0.6) is 0 Å². The molecule has 0 amide bonds. The number of likely N-dealkylation sites (tertiary alicyclic amines) is 1. The maximum atomic E-state index is 12.7. The highest BCUT2D eigenvalue weighted by Crippen LogP contribution is 2.29. The molecule has 0 bridgehead atoms. The van der Waals surface area contributed by atoms with Gasteiger partial charge in [0.2, 0.25) is 0 Å². The third-order valence-corrected chi connectivity index (χ3v) is 4.11. The van der Waals surface area contributed by atoms with Gasteiger partial charge in [0, 0.05) is 26.7 Å². The lowest BCUT2D eigenvalue weighted by Gasteiger charge is -2.26. The van der Waals surface area contributed by atoms with Gasteiger partial charge in [0.05, 0.1) is 5.56 Å². The third kappa shape index (κ3) is 7.81. The monoisotopic (exact) mass is 470 g/mol. The van der Waals surface area contributed by atoms with Crippen molar-refractivity contribution < 1.29 is 13.2 Å². The SMILES string of the molecule is CN=C(NCCN1CCCCC1)NCc1cccc(C(F)(F)F)c1.I. The number of aliphatic imine (C=N–C) groups is 1. The van der Waals surface area contributed by atoms with Crippen molar-refractivity contribution in [3.05, 3.63) is 35.4 Å². The molecule has 0 atom stereocenters. The molecule has 0 spiro atoms. The number of benzene rings is 1. The molecule has 0 aliphatic carbocycles. The molecule has 0 saturated carbocycles. The van der Waals surface area contributed by atoms with Crippen molar-refractivity contribution in [2.75, 3.05) is 33.2 Å². The highest BCUT2D eigenvalue weighted by atomic mass is 127. The number of rotatable bonds is 5. The molecule has 8 heteroatoms. The normalized spacial score (nSPS) is 16.2. The van der Waals surface area contributed by atoms with Gasteiger partial charge < -0.3 is 15.5 Å². The molecule has 1 aliphatic rings. The number of halogens is 4. The summed E-state index contributed by atoms with van der Waals surface area (Å²) in [4.78, 5) is 6.52. The molecule has 4 nitrogen and oxygen atoms in total. The lowest BCUT2D eigenvalue weighted by Crippen LogP contribution is -2.42. The molecular formula is C17H26F3IN4. The Morgan fingerprint density at radius 2 is 1.88 bits per heavy atom. The standard InChI is InChI=1S/C17H25F3N4.HI/c1-21-16(22-8-11-24-9-3-2-4-10-24)23-13-14-6-5-7-15(12-14)17(18,19)20;/h5-7,12H,2-4,8-11,13H2,1H3,(H2,21,22,23);1H. The largest absolute Gasteiger partial charge is 0.416 e. The quantitative estimate of drug-likeness (QED) is 0.394. The number of hydrogen-bond donors (Lipinski definition) is 2. The predicted octanol–water partition coefficient (Wildman–Crippen LogP) is 3.47. The minimum absolute atomic E-state index is 0. The summed E-state index contributed by atoms with van der Waals surface area (Å²) in [5, 5.41) is 6.26. The molecule has 0 radical (unpaired) electrons. The fourth-order valence-corrected chi connectivity index (χ4v) is 2.78. The molecule has 2 N–H and O–H groups in total. The number of nitrogens with zero attached hydrogens (tertiary/aromatic N) is 2. The van der Waals surface area contributed by atoms with Crippen LogP contribution in [0.15, 0.2) is 29.3 Å². The first-order chi connectivity index (χ1) is 11.5. The molecule has 142 valence electrons. The van der Waals surface area contributed by atoms with Crippen LogP contribution in [0.4, 0.5) is 13.2 Å². The van der Waals surface area contributed by atoms with Gasteiger partial charge in [-0.15, -0.1) is 24.0 Å². The van der Waals surface area contributed by atoms with Gasteiger partial charge in [-0.25, -0.2) is 0 Å². The van der Waals surface area contributed by atoms with Crippen LogP contribution in [0.2, 0.25) is 0 Å². The van der Waals surface area contributed by atoms with E-state index in [0.717, 1.165) is 38.3 Å². The van der Waals surface area contributed by atoms with E-state index in [1.165, 1.54) is 25.3 Å². The van der Waals surface area contributed by atoms with E-state index in [4.69, 9.17) is 0 Å². The number of piperidine rings is 1. The second kappa shape index (κ2) is 10.8. The van der Waals surface area contributed by atoms with Crippen LogP contribution in [0.3, 0.4) is 0 Å². The van der Waals surface area contributed by atoms with Crippen LogP contribution < -0.4 is 10.6 Å². The summed E-state index contributed by atoms with van der Waals surface area (Å²) >= 11 is 0. The Balaban J connectivity index is 0.00000312. The van der Waals surface area contributed by atoms with E-state index < -0.39 is 11.7 Å². The molecule has 1 fully saturated rings. The summed E-state index contributed by atoms with van der Waals surface area (Å²) in [5.74, 6) is 0.601. The first-order valence-corrected chi connectivity index (χ1v) is 8.32.